The zero-order chi connectivity index (χ0) is 13.1. The minimum Gasteiger partial charge on any atom is -0.451 e. The van der Waals surface area contributed by atoms with E-state index in [2.05, 4.69) is 0 Å². The third-order valence-electron chi connectivity index (χ3n) is 2.22. The number of hydrogen-bond donors (Lipinski definition) is 1. The highest BCUT2D eigenvalue weighted by molar-refractivity contribution is 5.46. The average Bonchev–Trinajstić information content (AvgIpc) is 2.34. The summed E-state index contributed by atoms with van der Waals surface area (Å²) in [5.74, 6) is -2.04. The summed E-state index contributed by atoms with van der Waals surface area (Å²) < 4.78 is 32.0. The standard InChI is InChI=1S/C13H8F2N2O/c14-11-5-9(17)6-12(15)13(11)18-10-3-1-8(7-16)2-4-10/h1-6H,17H2. The molecule has 0 atom stereocenters. The molecule has 90 valence electrons. The normalized spacial score (nSPS) is 9.83. The highest BCUT2D eigenvalue weighted by Gasteiger charge is 2.12. The van der Waals surface area contributed by atoms with Gasteiger partial charge in [-0.2, -0.15) is 5.26 Å². The molecule has 0 radical (unpaired) electrons. The van der Waals surface area contributed by atoms with E-state index in [4.69, 9.17) is 15.7 Å². The lowest BCUT2D eigenvalue weighted by Crippen LogP contribution is -1.95. The maximum Gasteiger partial charge on any atom is 0.198 e. The molecular weight excluding hydrogens is 238 g/mol. The SMILES string of the molecule is N#Cc1ccc(Oc2c(F)cc(N)cc2F)cc1. The lowest BCUT2D eigenvalue weighted by Gasteiger charge is -2.08. The number of hydrogen-bond acceptors (Lipinski definition) is 3. The van der Waals surface area contributed by atoms with E-state index < -0.39 is 17.4 Å². The second kappa shape index (κ2) is 4.72. The molecule has 0 unspecified atom stereocenters. The van der Waals surface area contributed by atoms with Crippen LogP contribution < -0.4 is 10.5 Å². The average molecular weight is 246 g/mol. The Bertz CT molecular complexity index is 595. The molecule has 2 aromatic rings. The molecule has 0 aliphatic rings. The summed E-state index contributed by atoms with van der Waals surface area (Å²) in [4.78, 5) is 0. The fraction of sp³-hybridized carbons (Fsp3) is 0. The van der Waals surface area contributed by atoms with Crippen molar-refractivity contribution in [2.75, 3.05) is 5.73 Å². The van der Waals surface area contributed by atoms with Gasteiger partial charge in [0.05, 0.1) is 11.6 Å². The van der Waals surface area contributed by atoms with E-state index in [1.165, 1.54) is 24.3 Å². The second-order valence-corrected chi connectivity index (χ2v) is 3.55. The molecule has 3 nitrogen and oxygen atoms in total. The first-order chi connectivity index (χ1) is 8.60. The van der Waals surface area contributed by atoms with Gasteiger partial charge in [-0.3, -0.25) is 0 Å². The van der Waals surface area contributed by atoms with Crippen molar-refractivity contribution >= 4 is 5.69 Å². The predicted molar refractivity (Wildman–Crippen MR) is 62.0 cm³/mol. The number of nitriles is 1. The molecule has 0 spiro atoms. The van der Waals surface area contributed by atoms with Gasteiger partial charge >= 0.3 is 0 Å². The van der Waals surface area contributed by atoms with Gasteiger partial charge in [0, 0.05) is 17.8 Å². The third kappa shape index (κ3) is 2.38. The van der Waals surface area contributed by atoms with Crippen LogP contribution in [0.4, 0.5) is 14.5 Å². The van der Waals surface area contributed by atoms with Crippen molar-refractivity contribution in [3.63, 3.8) is 0 Å². The monoisotopic (exact) mass is 246 g/mol. The quantitative estimate of drug-likeness (QED) is 0.827. The lowest BCUT2D eigenvalue weighted by molar-refractivity contribution is 0.408. The first-order valence-corrected chi connectivity index (χ1v) is 5.02. The zero-order valence-corrected chi connectivity index (χ0v) is 9.15. The molecule has 0 saturated carbocycles. The number of nitrogens with two attached hydrogens (primary N) is 1. The summed E-state index contributed by atoms with van der Waals surface area (Å²) in [6, 6.07) is 9.76. The Morgan fingerprint density at radius 2 is 1.61 bits per heavy atom. The van der Waals surface area contributed by atoms with Gasteiger partial charge in [-0.05, 0) is 24.3 Å². The molecule has 0 bridgehead atoms. The van der Waals surface area contributed by atoms with E-state index in [0.717, 1.165) is 12.1 Å². The minimum atomic E-state index is -0.878. The summed E-state index contributed by atoms with van der Waals surface area (Å²) in [6.07, 6.45) is 0. The number of rotatable bonds is 2. The summed E-state index contributed by atoms with van der Waals surface area (Å²) in [5.41, 5.74) is 5.70. The van der Waals surface area contributed by atoms with Gasteiger partial charge in [0.1, 0.15) is 5.75 Å². The number of nitrogen functional groups attached to an aromatic ring is 1. The van der Waals surface area contributed by atoms with E-state index >= 15 is 0 Å². The number of ether oxygens (including phenoxy) is 1. The van der Waals surface area contributed by atoms with Crippen LogP contribution in [-0.2, 0) is 0 Å². The second-order valence-electron chi connectivity index (χ2n) is 3.55. The Balaban J connectivity index is 2.31. The van der Waals surface area contributed by atoms with Gasteiger partial charge in [-0.25, -0.2) is 8.78 Å². The molecule has 0 heterocycles. The smallest absolute Gasteiger partial charge is 0.198 e. The van der Waals surface area contributed by atoms with Crippen LogP contribution in [0.15, 0.2) is 36.4 Å². The Hall–Kier alpha value is -2.61. The van der Waals surface area contributed by atoms with Crippen LogP contribution in [0.2, 0.25) is 0 Å². The van der Waals surface area contributed by atoms with E-state index in [1.807, 2.05) is 6.07 Å². The predicted octanol–water partition coefficient (Wildman–Crippen LogP) is 3.21. The zero-order valence-electron chi connectivity index (χ0n) is 9.15. The van der Waals surface area contributed by atoms with Crippen molar-refractivity contribution < 1.29 is 13.5 Å². The van der Waals surface area contributed by atoms with Gasteiger partial charge in [-0.15, -0.1) is 0 Å². The van der Waals surface area contributed by atoms with Crippen LogP contribution in [0.5, 0.6) is 11.5 Å². The molecule has 0 aliphatic carbocycles. The molecule has 0 amide bonds. The number of anilines is 1. The molecule has 2 aromatic carbocycles. The van der Waals surface area contributed by atoms with Crippen LogP contribution in [0.3, 0.4) is 0 Å². The van der Waals surface area contributed by atoms with Crippen LogP contribution in [0.25, 0.3) is 0 Å². The van der Waals surface area contributed by atoms with E-state index in [1.54, 1.807) is 0 Å². The summed E-state index contributed by atoms with van der Waals surface area (Å²) in [5, 5.41) is 8.61. The Labute approximate surface area is 102 Å². The van der Waals surface area contributed by atoms with Gasteiger partial charge in [-0.1, -0.05) is 0 Å². The molecule has 0 fully saturated rings. The van der Waals surface area contributed by atoms with Crippen LogP contribution in [0.1, 0.15) is 5.56 Å². The first kappa shape index (κ1) is 11.9. The van der Waals surface area contributed by atoms with Crippen molar-refractivity contribution in [3.05, 3.63) is 53.6 Å². The molecule has 0 aliphatic heterocycles. The maximum absolute atomic E-state index is 13.4. The Morgan fingerprint density at radius 3 is 2.11 bits per heavy atom. The van der Waals surface area contributed by atoms with Crippen molar-refractivity contribution in [3.8, 4) is 17.6 Å². The molecule has 0 saturated heterocycles. The third-order valence-corrected chi connectivity index (χ3v) is 2.22. The Morgan fingerprint density at radius 1 is 1.06 bits per heavy atom. The highest BCUT2D eigenvalue weighted by atomic mass is 19.1. The summed E-state index contributed by atoms with van der Waals surface area (Å²) >= 11 is 0. The van der Waals surface area contributed by atoms with Crippen molar-refractivity contribution in [2.24, 2.45) is 0 Å². The van der Waals surface area contributed by atoms with Crippen LogP contribution in [-0.4, -0.2) is 0 Å². The van der Waals surface area contributed by atoms with Gasteiger partial charge in [0.15, 0.2) is 17.4 Å². The molecule has 18 heavy (non-hydrogen) atoms. The first-order valence-electron chi connectivity index (χ1n) is 5.02. The maximum atomic E-state index is 13.4. The van der Waals surface area contributed by atoms with Crippen molar-refractivity contribution in [1.29, 1.82) is 5.26 Å². The largest absolute Gasteiger partial charge is 0.451 e. The topological polar surface area (TPSA) is 59.0 Å². The van der Waals surface area contributed by atoms with Crippen molar-refractivity contribution in [2.45, 2.75) is 0 Å². The Kier molecular flexibility index (Phi) is 3.11. The molecule has 0 aromatic heterocycles. The minimum absolute atomic E-state index is 0.0165. The molecule has 5 heteroatoms. The number of benzene rings is 2. The highest BCUT2D eigenvalue weighted by Crippen LogP contribution is 2.29. The van der Waals surface area contributed by atoms with Crippen LogP contribution >= 0.6 is 0 Å². The van der Waals surface area contributed by atoms with E-state index in [-0.39, 0.29) is 11.4 Å². The van der Waals surface area contributed by atoms with Gasteiger partial charge < -0.3 is 10.5 Å². The van der Waals surface area contributed by atoms with Crippen molar-refractivity contribution in [1.82, 2.24) is 0 Å². The number of nitrogens with zero attached hydrogens (tertiary/aromatic N) is 1. The number of halogens is 2. The lowest BCUT2D eigenvalue weighted by atomic mass is 10.2. The fourth-order valence-electron chi connectivity index (χ4n) is 1.39. The fourth-order valence-corrected chi connectivity index (χ4v) is 1.39. The van der Waals surface area contributed by atoms with Crippen LogP contribution in [0, 0.1) is 23.0 Å². The van der Waals surface area contributed by atoms with Gasteiger partial charge in [0.2, 0.25) is 0 Å². The van der Waals surface area contributed by atoms with E-state index in [9.17, 15) is 8.78 Å². The molecule has 2 N–H and O–H groups in total. The summed E-state index contributed by atoms with van der Waals surface area (Å²) in [6.45, 7) is 0. The molecular formula is C13H8F2N2O. The van der Waals surface area contributed by atoms with E-state index in [0.29, 0.717) is 5.56 Å². The van der Waals surface area contributed by atoms with Gasteiger partial charge in [0.25, 0.3) is 0 Å². The molecule has 2 rings (SSSR count). The summed E-state index contributed by atoms with van der Waals surface area (Å²) in [7, 11) is 0.